The molecule has 3 nitrogen and oxygen atoms in total. The van der Waals surface area contributed by atoms with Crippen LogP contribution in [0.15, 0.2) is 18.2 Å². The molecule has 0 aliphatic carbocycles. The van der Waals surface area contributed by atoms with Crippen molar-refractivity contribution in [2.75, 3.05) is 5.32 Å². The van der Waals surface area contributed by atoms with Crippen molar-refractivity contribution in [3.8, 4) is 0 Å². The number of halogens is 1. The number of carbonyl (C=O) groups is 1. The summed E-state index contributed by atoms with van der Waals surface area (Å²) in [6, 6.07) is 4.43. The molecule has 0 saturated heterocycles. The fraction of sp³-hybridized carbons (Fsp3) is 0.500. The molecule has 98 valence electrons. The van der Waals surface area contributed by atoms with Crippen LogP contribution in [0.5, 0.6) is 0 Å². The summed E-state index contributed by atoms with van der Waals surface area (Å²) in [5, 5.41) is 2.63. The van der Waals surface area contributed by atoms with E-state index in [9.17, 15) is 9.18 Å². The number of amides is 1. The van der Waals surface area contributed by atoms with Crippen molar-refractivity contribution in [2.45, 2.75) is 45.1 Å². The molecule has 0 saturated carbocycles. The fourth-order valence-corrected chi connectivity index (χ4v) is 2.67. The van der Waals surface area contributed by atoms with Gasteiger partial charge in [0, 0.05) is 5.56 Å². The maximum Gasteiger partial charge on any atom is 0.412 e. The lowest BCUT2D eigenvalue weighted by atomic mass is 9.83. The molecule has 18 heavy (non-hydrogen) atoms. The lowest BCUT2D eigenvalue weighted by Gasteiger charge is -2.38. The maximum atomic E-state index is 13.4. The van der Waals surface area contributed by atoms with Crippen molar-refractivity contribution < 1.29 is 13.9 Å². The zero-order chi connectivity index (χ0) is 13.2. The Morgan fingerprint density at radius 2 is 1.94 bits per heavy atom. The highest BCUT2D eigenvalue weighted by Crippen LogP contribution is 2.43. The van der Waals surface area contributed by atoms with Gasteiger partial charge >= 0.3 is 6.09 Å². The van der Waals surface area contributed by atoms with E-state index in [-0.39, 0.29) is 5.82 Å². The molecule has 1 aliphatic heterocycles. The Bertz CT molecular complexity index is 453. The Kier molecular flexibility index (Phi) is 3.55. The van der Waals surface area contributed by atoms with Crippen LogP contribution in [0.3, 0.4) is 0 Å². The Hall–Kier alpha value is -1.58. The highest BCUT2D eigenvalue weighted by Gasteiger charge is 2.40. The first kappa shape index (κ1) is 12.9. The van der Waals surface area contributed by atoms with Gasteiger partial charge in [0.15, 0.2) is 0 Å². The number of carbonyl (C=O) groups excluding carboxylic acids is 1. The first-order valence-electron chi connectivity index (χ1n) is 6.41. The molecular weight excluding hydrogens is 233 g/mol. The normalized spacial score (nSPS) is 16.7. The quantitative estimate of drug-likeness (QED) is 0.871. The van der Waals surface area contributed by atoms with E-state index >= 15 is 0 Å². The predicted molar refractivity (Wildman–Crippen MR) is 68.0 cm³/mol. The van der Waals surface area contributed by atoms with Gasteiger partial charge in [0.05, 0.1) is 5.69 Å². The average molecular weight is 251 g/mol. The molecule has 0 atom stereocenters. The van der Waals surface area contributed by atoms with Gasteiger partial charge in [0.2, 0.25) is 0 Å². The average Bonchev–Trinajstić information content (AvgIpc) is 2.31. The number of nitrogens with one attached hydrogen (secondary N) is 1. The largest absolute Gasteiger partial charge is 0.438 e. The molecule has 1 amide bonds. The molecule has 1 aromatic carbocycles. The first-order chi connectivity index (χ1) is 8.61. The molecule has 0 aromatic heterocycles. The molecule has 1 N–H and O–H groups in total. The van der Waals surface area contributed by atoms with Crippen LogP contribution in [-0.4, -0.2) is 6.09 Å². The second kappa shape index (κ2) is 4.96. The summed E-state index contributed by atoms with van der Waals surface area (Å²) in [6.45, 7) is 4.07. The van der Waals surface area contributed by atoms with Crippen molar-refractivity contribution in [2.24, 2.45) is 0 Å². The van der Waals surface area contributed by atoms with Gasteiger partial charge in [-0.1, -0.05) is 26.7 Å². The van der Waals surface area contributed by atoms with E-state index in [2.05, 4.69) is 5.32 Å². The molecule has 0 bridgehead atoms. The molecule has 0 spiro atoms. The lowest BCUT2D eigenvalue weighted by molar-refractivity contribution is -0.00426. The maximum absolute atomic E-state index is 13.4. The van der Waals surface area contributed by atoms with Crippen LogP contribution in [0.4, 0.5) is 14.9 Å². The van der Waals surface area contributed by atoms with E-state index in [0.29, 0.717) is 18.5 Å². The van der Waals surface area contributed by atoms with Crippen LogP contribution in [-0.2, 0) is 10.3 Å². The smallest absolute Gasteiger partial charge is 0.412 e. The molecule has 1 heterocycles. The van der Waals surface area contributed by atoms with Gasteiger partial charge in [-0.2, -0.15) is 0 Å². The number of fused-ring (bicyclic) bond motifs is 1. The van der Waals surface area contributed by atoms with Crippen molar-refractivity contribution in [1.82, 2.24) is 0 Å². The summed E-state index contributed by atoms with van der Waals surface area (Å²) in [5.41, 5.74) is 0.740. The van der Waals surface area contributed by atoms with Gasteiger partial charge in [-0.05, 0) is 31.0 Å². The number of rotatable bonds is 4. The second-order valence-corrected chi connectivity index (χ2v) is 4.70. The zero-order valence-corrected chi connectivity index (χ0v) is 10.8. The van der Waals surface area contributed by atoms with Crippen molar-refractivity contribution in [1.29, 1.82) is 0 Å². The van der Waals surface area contributed by atoms with Gasteiger partial charge in [0.25, 0.3) is 0 Å². The number of ether oxygens (including phenoxy) is 1. The Balaban J connectivity index is 2.52. The topological polar surface area (TPSA) is 38.3 Å². The van der Waals surface area contributed by atoms with Crippen molar-refractivity contribution in [3.63, 3.8) is 0 Å². The summed E-state index contributed by atoms with van der Waals surface area (Å²) in [7, 11) is 0. The van der Waals surface area contributed by atoms with E-state index in [0.717, 1.165) is 18.4 Å². The highest BCUT2D eigenvalue weighted by molar-refractivity contribution is 5.88. The summed E-state index contributed by atoms with van der Waals surface area (Å²) < 4.78 is 19.0. The van der Waals surface area contributed by atoms with E-state index in [4.69, 9.17) is 4.74 Å². The lowest BCUT2D eigenvalue weighted by Crippen LogP contribution is -2.39. The summed E-state index contributed by atoms with van der Waals surface area (Å²) in [6.07, 6.45) is 2.73. The van der Waals surface area contributed by atoms with E-state index < -0.39 is 11.7 Å². The third kappa shape index (κ3) is 2.19. The fourth-order valence-electron chi connectivity index (χ4n) is 2.67. The van der Waals surface area contributed by atoms with E-state index in [1.165, 1.54) is 12.1 Å². The Morgan fingerprint density at radius 3 is 2.56 bits per heavy atom. The van der Waals surface area contributed by atoms with Crippen LogP contribution >= 0.6 is 0 Å². The summed E-state index contributed by atoms with van der Waals surface area (Å²) >= 11 is 0. The van der Waals surface area contributed by atoms with E-state index in [1.807, 2.05) is 13.8 Å². The predicted octanol–water partition coefficient (Wildman–Crippen LogP) is 4.18. The van der Waals surface area contributed by atoms with Gasteiger partial charge < -0.3 is 4.74 Å². The minimum Gasteiger partial charge on any atom is -0.438 e. The molecule has 1 aromatic rings. The number of hydrogen-bond acceptors (Lipinski definition) is 2. The molecule has 1 aliphatic rings. The number of anilines is 1. The number of hydrogen-bond donors (Lipinski definition) is 1. The second-order valence-electron chi connectivity index (χ2n) is 4.70. The van der Waals surface area contributed by atoms with Crippen molar-refractivity contribution in [3.05, 3.63) is 29.6 Å². The third-order valence-corrected chi connectivity index (χ3v) is 3.30. The van der Waals surface area contributed by atoms with Crippen LogP contribution in [0.1, 0.15) is 45.1 Å². The molecule has 2 rings (SSSR count). The summed E-state index contributed by atoms with van der Waals surface area (Å²) in [5.74, 6) is -0.301. The zero-order valence-electron chi connectivity index (χ0n) is 10.8. The molecule has 4 heteroatoms. The standard InChI is InChI=1S/C14H18FNO2/c1-3-7-14(8-4-2)11-9-10(15)5-6-12(11)16-13(17)18-14/h5-6,9H,3-4,7-8H2,1-2H3,(H,16,17). The van der Waals surface area contributed by atoms with Crippen LogP contribution in [0, 0.1) is 5.82 Å². The number of cyclic esters (lactones) is 1. The van der Waals surface area contributed by atoms with Gasteiger partial charge in [-0.3, -0.25) is 5.32 Å². The third-order valence-electron chi connectivity index (χ3n) is 3.30. The Labute approximate surface area is 106 Å². The van der Waals surface area contributed by atoms with Gasteiger partial charge in [-0.15, -0.1) is 0 Å². The monoisotopic (exact) mass is 251 g/mol. The highest BCUT2D eigenvalue weighted by atomic mass is 19.1. The van der Waals surface area contributed by atoms with E-state index in [1.54, 1.807) is 6.07 Å². The van der Waals surface area contributed by atoms with Crippen LogP contribution in [0.2, 0.25) is 0 Å². The first-order valence-corrected chi connectivity index (χ1v) is 6.41. The van der Waals surface area contributed by atoms with Crippen molar-refractivity contribution >= 4 is 11.8 Å². The van der Waals surface area contributed by atoms with Gasteiger partial charge in [-0.25, -0.2) is 9.18 Å². The van der Waals surface area contributed by atoms with Gasteiger partial charge in [0.1, 0.15) is 11.4 Å². The van der Waals surface area contributed by atoms with Crippen LogP contribution in [0.25, 0.3) is 0 Å². The molecule has 0 radical (unpaired) electrons. The minimum atomic E-state index is -0.677. The van der Waals surface area contributed by atoms with Crippen LogP contribution < -0.4 is 5.32 Å². The SMILES string of the molecule is CCCC1(CCC)OC(=O)Nc2ccc(F)cc21. The molecule has 0 unspecified atom stereocenters. The molecular formula is C14H18FNO2. The molecule has 0 fully saturated rings. The number of benzene rings is 1. The Morgan fingerprint density at radius 1 is 1.28 bits per heavy atom. The minimum absolute atomic E-state index is 0.301. The summed E-state index contributed by atoms with van der Waals surface area (Å²) in [4.78, 5) is 11.6.